The molecule has 2 aliphatic carbocycles. The first-order valence-electron chi connectivity index (χ1n) is 9.02. The second-order valence-corrected chi connectivity index (χ2v) is 12.5. The Morgan fingerprint density at radius 2 is 1.12 bits per heavy atom. The monoisotopic (exact) mass is 460 g/mol. The van der Waals surface area contributed by atoms with E-state index in [2.05, 4.69) is 74.5 Å². The molecule has 2 atom stereocenters. The second kappa shape index (κ2) is 8.96. The minimum atomic E-state index is -2.01. The van der Waals surface area contributed by atoms with Crippen molar-refractivity contribution in [3.8, 4) is 0 Å². The molecule has 0 aliphatic heterocycles. The molecule has 2 aromatic carbocycles. The molecule has 0 saturated carbocycles. The molecule has 2 aromatic rings. The number of fused-ring (bicyclic) bond motifs is 2. The largest absolute Gasteiger partial charge is 1.00 e. The molecule has 0 radical (unpaired) electrons. The van der Waals surface area contributed by atoms with Crippen molar-refractivity contribution in [3.05, 3.63) is 81.9 Å². The van der Waals surface area contributed by atoms with Crippen LogP contribution >= 0.6 is 0 Å². The van der Waals surface area contributed by atoms with Gasteiger partial charge < -0.3 is 24.8 Å². The first-order chi connectivity index (χ1) is 11.7. The number of benzene rings is 2. The molecule has 2 unspecified atom stereocenters. The Labute approximate surface area is 177 Å². The van der Waals surface area contributed by atoms with Crippen LogP contribution in [0.2, 0.25) is 0 Å². The van der Waals surface area contributed by atoms with E-state index in [1.165, 1.54) is 11.1 Å². The third-order valence-electron chi connectivity index (χ3n) is 5.60. The molecule has 0 N–H and O–H groups in total. The summed E-state index contributed by atoms with van der Waals surface area (Å²) in [6.45, 7) is 4.61. The van der Waals surface area contributed by atoms with E-state index in [0.29, 0.717) is 7.25 Å². The standard InChI is InChI=1S/2C11H11.CH2.2ClH.Zr/c2*1-2-9-7-10-5-3-4-6-11(10)8-9;;;;/h2*3-8H,2H2,1H3;1H2;2*1H;/q;;;;;+2/p-2. The van der Waals surface area contributed by atoms with E-state index in [1.54, 1.807) is 22.3 Å². The van der Waals surface area contributed by atoms with Gasteiger partial charge in [-0.05, 0) is 0 Å². The van der Waals surface area contributed by atoms with E-state index in [9.17, 15) is 0 Å². The molecule has 0 bridgehead atoms. The molecule has 3 heteroatoms. The summed E-state index contributed by atoms with van der Waals surface area (Å²) in [6.07, 6.45) is 7.20. The summed E-state index contributed by atoms with van der Waals surface area (Å²) in [5.41, 5.74) is 9.24. The number of halogens is 2. The van der Waals surface area contributed by atoms with Gasteiger partial charge in [-0.3, -0.25) is 0 Å². The minimum absolute atomic E-state index is 0. The van der Waals surface area contributed by atoms with Crippen molar-refractivity contribution in [2.75, 3.05) is 0 Å². The summed E-state index contributed by atoms with van der Waals surface area (Å²) >= 11 is -2.01. The number of hydrogen-bond acceptors (Lipinski definition) is 0. The summed E-state index contributed by atoms with van der Waals surface area (Å²) in [6, 6.07) is 18.0. The summed E-state index contributed by atoms with van der Waals surface area (Å²) in [5.74, 6) is 0. The second-order valence-electron chi connectivity index (χ2n) is 6.84. The molecule has 0 heterocycles. The average molecular weight is 463 g/mol. The Morgan fingerprint density at radius 1 is 0.731 bits per heavy atom. The zero-order valence-corrected chi connectivity index (χ0v) is 19.3. The van der Waals surface area contributed by atoms with Crippen LogP contribution in [0.25, 0.3) is 12.2 Å². The summed E-state index contributed by atoms with van der Waals surface area (Å²) < 4.78 is 6.19. The number of allylic oxidation sites excluding steroid dienone is 2. The summed E-state index contributed by atoms with van der Waals surface area (Å²) in [4.78, 5) is 0. The van der Waals surface area contributed by atoms with Crippen LogP contribution < -0.4 is 24.8 Å². The van der Waals surface area contributed by atoms with Crippen LogP contribution in [0, 0.1) is 0 Å². The molecule has 0 saturated heterocycles. The Kier molecular flexibility index (Phi) is 7.43. The Morgan fingerprint density at radius 3 is 1.50 bits per heavy atom. The first kappa shape index (κ1) is 21.6. The van der Waals surface area contributed by atoms with Crippen LogP contribution in [-0.4, -0.2) is 4.21 Å². The van der Waals surface area contributed by atoms with E-state index in [1.807, 2.05) is 0 Å². The van der Waals surface area contributed by atoms with Crippen molar-refractivity contribution >= 4 is 16.4 Å². The molecule has 0 amide bonds. The first-order valence-corrected chi connectivity index (χ1v) is 13.6. The molecule has 0 fully saturated rings. The Balaban J connectivity index is 0.00000121. The van der Waals surface area contributed by atoms with Crippen LogP contribution in [0.1, 0.15) is 56.2 Å². The maximum absolute atomic E-state index is 4.91. The molecule has 0 aromatic heterocycles. The molecule has 134 valence electrons. The molecule has 0 nitrogen and oxygen atoms in total. The van der Waals surface area contributed by atoms with Gasteiger partial charge in [0.15, 0.2) is 0 Å². The predicted octanol–water partition coefficient (Wildman–Crippen LogP) is 0.141. The van der Waals surface area contributed by atoms with Gasteiger partial charge in [0.25, 0.3) is 0 Å². The van der Waals surface area contributed by atoms with Crippen LogP contribution in [0.5, 0.6) is 0 Å². The van der Waals surface area contributed by atoms with Crippen molar-refractivity contribution in [2.24, 2.45) is 0 Å². The molecular weight excluding hydrogens is 438 g/mol. The van der Waals surface area contributed by atoms with Crippen molar-refractivity contribution < 1.29 is 46.1 Å². The van der Waals surface area contributed by atoms with Gasteiger partial charge in [0.1, 0.15) is 0 Å². The van der Waals surface area contributed by atoms with Gasteiger partial charge in [-0.25, -0.2) is 0 Å². The van der Waals surface area contributed by atoms with Crippen LogP contribution in [0.15, 0.2) is 59.7 Å². The number of hydrogen-bond donors (Lipinski definition) is 0. The van der Waals surface area contributed by atoms with Crippen molar-refractivity contribution in [1.82, 2.24) is 0 Å². The molecular formula is C23H24Cl2Zr. The topological polar surface area (TPSA) is 0 Å². The minimum Gasteiger partial charge on any atom is -1.00 e. The van der Waals surface area contributed by atoms with Crippen molar-refractivity contribution in [1.29, 1.82) is 0 Å². The van der Waals surface area contributed by atoms with E-state index >= 15 is 0 Å². The van der Waals surface area contributed by atoms with E-state index in [-0.39, 0.29) is 24.8 Å². The molecule has 4 rings (SSSR count). The van der Waals surface area contributed by atoms with Gasteiger partial charge in [0, 0.05) is 0 Å². The summed E-state index contributed by atoms with van der Waals surface area (Å²) in [5, 5.41) is 0. The van der Waals surface area contributed by atoms with Gasteiger partial charge in [0.05, 0.1) is 0 Å². The predicted molar refractivity (Wildman–Crippen MR) is 102 cm³/mol. The third kappa shape index (κ3) is 3.51. The quantitative estimate of drug-likeness (QED) is 0.607. The Hall–Kier alpha value is -0.747. The summed E-state index contributed by atoms with van der Waals surface area (Å²) in [7, 11) is 0. The van der Waals surface area contributed by atoms with E-state index in [0.717, 1.165) is 12.8 Å². The Bertz CT molecular complexity index is 808. The number of rotatable bonds is 4. The average Bonchev–Trinajstić information content (AvgIpc) is 3.18. The van der Waals surface area contributed by atoms with Crippen molar-refractivity contribution in [3.63, 3.8) is 0 Å². The van der Waals surface area contributed by atoms with E-state index < -0.39 is 21.3 Å². The fourth-order valence-electron chi connectivity index (χ4n) is 4.43. The molecule has 26 heavy (non-hydrogen) atoms. The molecule has 0 spiro atoms. The zero-order valence-electron chi connectivity index (χ0n) is 15.3. The van der Waals surface area contributed by atoms with Crippen LogP contribution in [-0.2, 0) is 21.3 Å². The van der Waals surface area contributed by atoms with Crippen molar-refractivity contribution in [2.45, 2.75) is 33.9 Å². The van der Waals surface area contributed by atoms with Gasteiger partial charge in [-0.2, -0.15) is 0 Å². The van der Waals surface area contributed by atoms with Gasteiger partial charge in [-0.1, -0.05) is 0 Å². The third-order valence-corrected chi connectivity index (χ3v) is 12.6. The van der Waals surface area contributed by atoms with E-state index in [4.69, 9.17) is 4.21 Å². The SMILES string of the molecule is [CH2]=[Zr+2]([CH]1C(CC)=Cc2ccccc21)[CH]1C(CC)=Cc2ccccc21.[Cl-].[Cl-]. The maximum Gasteiger partial charge on any atom is -1.00 e. The van der Waals surface area contributed by atoms with Gasteiger partial charge in [-0.15, -0.1) is 0 Å². The van der Waals surface area contributed by atoms with Crippen LogP contribution in [0.3, 0.4) is 0 Å². The smallest absolute Gasteiger partial charge is 1.00 e. The molecule has 2 aliphatic rings. The fraction of sp³-hybridized carbons (Fsp3) is 0.261. The van der Waals surface area contributed by atoms with Gasteiger partial charge >= 0.3 is 154 Å². The zero-order chi connectivity index (χ0) is 16.7. The normalized spacial score (nSPS) is 19.1. The fourth-order valence-corrected chi connectivity index (χ4v) is 12.3. The van der Waals surface area contributed by atoms with Gasteiger partial charge in [0.2, 0.25) is 0 Å². The maximum atomic E-state index is 4.91. The van der Waals surface area contributed by atoms with Crippen LogP contribution in [0.4, 0.5) is 0 Å².